The minimum Gasteiger partial charge on any atom is -0.342 e. The highest BCUT2D eigenvalue weighted by Gasteiger charge is 2.22. The molecule has 1 aromatic rings. The van der Waals surface area contributed by atoms with Crippen LogP contribution in [-0.4, -0.2) is 36.5 Å². The van der Waals surface area contributed by atoms with Crippen LogP contribution in [0.5, 0.6) is 0 Å². The van der Waals surface area contributed by atoms with Gasteiger partial charge in [-0.3, -0.25) is 4.79 Å². The molecule has 0 radical (unpaired) electrons. The van der Waals surface area contributed by atoms with E-state index in [1.54, 1.807) is 0 Å². The molecule has 136 valence electrons. The fraction of sp³-hybridized carbons (Fsp3) is 0.571. The van der Waals surface area contributed by atoms with E-state index >= 15 is 0 Å². The number of hydrogen-bond acceptors (Lipinski definition) is 2. The van der Waals surface area contributed by atoms with Crippen LogP contribution < -0.4 is 5.32 Å². The molecule has 4 heteroatoms. The highest BCUT2D eigenvalue weighted by atomic mass is 35.5. The Balaban J connectivity index is 1.38. The summed E-state index contributed by atoms with van der Waals surface area (Å²) in [5.41, 5.74) is 1.18. The largest absolute Gasteiger partial charge is 0.342 e. The van der Waals surface area contributed by atoms with E-state index in [0.717, 1.165) is 31.0 Å². The summed E-state index contributed by atoms with van der Waals surface area (Å²) in [6.07, 6.45) is 13.0. The van der Waals surface area contributed by atoms with Gasteiger partial charge in [-0.2, -0.15) is 0 Å². The van der Waals surface area contributed by atoms with Crippen molar-refractivity contribution in [3.8, 4) is 0 Å². The van der Waals surface area contributed by atoms with E-state index in [4.69, 9.17) is 11.6 Å². The van der Waals surface area contributed by atoms with Crippen molar-refractivity contribution in [3.63, 3.8) is 0 Å². The number of halogens is 1. The monoisotopic (exact) mass is 360 g/mol. The highest BCUT2D eigenvalue weighted by molar-refractivity contribution is 6.30. The topological polar surface area (TPSA) is 32.3 Å². The summed E-state index contributed by atoms with van der Waals surface area (Å²) in [5.74, 6) is 0.830. The van der Waals surface area contributed by atoms with Crippen LogP contribution in [0.25, 0.3) is 6.08 Å². The van der Waals surface area contributed by atoms with Crippen LogP contribution in [0.3, 0.4) is 0 Å². The number of allylic oxidation sites excluding steroid dienone is 1. The molecule has 0 atom stereocenters. The van der Waals surface area contributed by atoms with Gasteiger partial charge in [0, 0.05) is 24.2 Å². The maximum Gasteiger partial charge on any atom is 0.236 e. The van der Waals surface area contributed by atoms with Crippen molar-refractivity contribution in [2.24, 2.45) is 5.92 Å². The van der Waals surface area contributed by atoms with Crippen molar-refractivity contribution in [2.45, 2.75) is 51.0 Å². The molecule has 1 N–H and O–H groups in total. The molecule has 25 heavy (non-hydrogen) atoms. The van der Waals surface area contributed by atoms with Gasteiger partial charge in [-0.1, -0.05) is 55.1 Å². The number of carbonyl (C=O) groups is 1. The molecule has 3 rings (SSSR count). The number of amides is 1. The minimum absolute atomic E-state index is 0.269. The van der Waals surface area contributed by atoms with Gasteiger partial charge in [0.1, 0.15) is 0 Å². The first-order valence-corrected chi connectivity index (χ1v) is 10.0. The normalized spacial score (nSPS) is 20.3. The molecule has 3 nitrogen and oxygen atoms in total. The Morgan fingerprint density at radius 1 is 1.08 bits per heavy atom. The standard InChI is InChI=1S/C21H29ClN2O/c22-19-10-8-17(9-11-19)6-7-18-12-14-24(15-13-18)21(25)16-23-20-4-2-1-3-5-20/h6-11,18,20,23H,1-5,12-16H2/b7-6+. The summed E-state index contributed by atoms with van der Waals surface area (Å²) in [7, 11) is 0. The quantitative estimate of drug-likeness (QED) is 0.837. The molecule has 2 aliphatic rings. The molecule has 1 saturated carbocycles. The van der Waals surface area contributed by atoms with Crippen LogP contribution in [0.4, 0.5) is 0 Å². The number of nitrogens with one attached hydrogen (secondary N) is 1. The van der Waals surface area contributed by atoms with E-state index in [-0.39, 0.29) is 5.91 Å². The van der Waals surface area contributed by atoms with Crippen molar-refractivity contribution in [3.05, 3.63) is 40.9 Å². The average molecular weight is 361 g/mol. The minimum atomic E-state index is 0.269. The number of benzene rings is 1. The van der Waals surface area contributed by atoms with Crippen molar-refractivity contribution < 1.29 is 4.79 Å². The fourth-order valence-electron chi connectivity index (χ4n) is 3.81. The fourth-order valence-corrected chi connectivity index (χ4v) is 3.94. The maximum absolute atomic E-state index is 12.4. The molecule has 0 aromatic heterocycles. The van der Waals surface area contributed by atoms with E-state index in [0.29, 0.717) is 18.5 Å². The number of hydrogen-bond donors (Lipinski definition) is 1. The predicted molar refractivity (Wildman–Crippen MR) is 105 cm³/mol. The third-order valence-corrected chi connectivity index (χ3v) is 5.72. The Kier molecular flexibility index (Phi) is 6.94. The van der Waals surface area contributed by atoms with E-state index in [2.05, 4.69) is 17.5 Å². The zero-order valence-corrected chi connectivity index (χ0v) is 15.7. The first-order valence-electron chi connectivity index (χ1n) is 9.65. The van der Waals surface area contributed by atoms with Gasteiger partial charge in [-0.25, -0.2) is 0 Å². The van der Waals surface area contributed by atoms with Crippen LogP contribution in [-0.2, 0) is 4.79 Å². The van der Waals surface area contributed by atoms with Crippen LogP contribution >= 0.6 is 11.6 Å². The second kappa shape index (κ2) is 9.40. The Morgan fingerprint density at radius 2 is 1.76 bits per heavy atom. The van der Waals surface area contributed by atoms with Gasteiger partial charge in [-0.15, -0.1) is 0 Å². The van der Waals surface area contributed by atoms with Crippen LogP contribution in [0, 0.1) is 5.92 Å². The summed E-state index contributed by atoms with van der Waals surface area (Å²) < 4.78 is 0. The van der Waals surface area contributed by atoms with Crippen molar-refractivity contribution in [1.82, 2.24) is 10.2 Å². The van der Waals surface area contributed by atoms with Crippen molar-refractivity contribution >= 4 is 23.6 Å². The van der Waals surface area contributed by atoms with Gasteiger partial charge in [0.05, 0.1) is 6.54 Å². The number of carbonyl (C=O) groups excluding carboxylic acids is 1. The third-order valence-electron chi connectivity index (χ3n) is 5.47. The molecule has 1 aliphatic carbocycles. The van der Waals surface area contributed by atoms with E-state index < -0.39 is 0 Å². The predicted octanol–water partition coefficient (Wildman–Crippen LogP) is 4.51. The van der Waals surface area contributed by atoms with Crippen LogP contribution in [0.15, 0.2) is 30.3 Å². The van der Waals surface area contributed by atoms with Gasteiger partial charge in [0.15, 0.2) is 0 Å². The number of likely N-dealkylation sites (tertiary alicyclic amines) is 1. The molecule has 0 unspecified atom stereocenters. The zero-order valence-electron chi connectivity index (χ0n) is 14.9. The van der Waals surface area contributed by atoms with E-state index in [9.17, 15) is 4.79 Å². The van der Waals surface area contributed by atoms with Gasteiger partial charge in [-0.05, 0) is 49.3 Å². The Hall–Kier alpha value is -1.32. The molecule has 1 saturated heterocycles. The summed E-state index contributed by atoms with van der Waals surface area (Å²) >= 11 is 5.91. The first kappa shape index (κ1) is 18.5. The average Bonchev–Trinajstić information content (AvgIpc) is 2.67. The van der Waals surface area contributed by atoms with Crippen LogP contribution in [0.1, 0.15) is 50.5 Å². The Morgan fingerprint density at radius 3 is 2.44 bits per heavy atom. The summed E-state index contributed by atoms with van der Waals surface area (Å²) in [5, 5.41) is 4.23. The van der Waals surface area contributed by atoms with Gasteiger partial charge >= 0.3 is 0 Å². The lowest BCUT2D eigenvalue weighted by Gasteiger charge is -2.32. The van der Waals surface area contributed by atoms with Crippen molar-refractivity contribution in [2.75, 3.05) is 19.6 Å². The highest BCUT2D eigenvalue weighted by Crippen LogP contribution is 2.21. The number of piperidine rings is 1. The molecule has 0 spiro atoms. The molecule has 1 heterocycles. The third kappa shape index (κ3) is 5.86. The molecule has 1 aliphatic heterocycles. The first-order chi connectivity index (χ1) is 12.2. The van der Waals surface area contributed by atoms with Gasteiger partial charge in [0.2, 0.25) is 5.91 Å². The summed E-state index contributed by atoms with van der Waals surface area (Å²) in [4.78, 5) is 14.4. The second-order valence-corrected chi connectivity index (χ2v) is 7.78. The Bertz CT molecular complexity index is 570. The molecule has 1 amide bonds. The van der Waals surface area contributed by atoms with Crippen LogP contribution in [0.2, 0.25) is 5.02 Å². The van der Waals surface area contributed by atoms with E-state index in [1.165, 1.54) is 37.7 Å². The smallest absolute Gasteiger partial charge is 0.236 e. The zero-order chi connectivity index (χ0) is 17.5. The van der Waals surface area contributed by atoms with E-state index in [1.807, 2.05) is 29.2 Å². The lowest BCUT2D eigenvalue weighted by atomic mass is 9.95. The molecule has 2 fully saturated rings. The second-order valence-electron chi connectivity index (χ2n) is 7.34. The summed E-state index contributed by atoms with van der Waals surface area (Å²) in [6.45, 7) is 2.26. The Labute approximate surface area is 156 Å². The number of nitrogens with zero attached hydrogens (tertiary/aromatic N) is 1. The molecule has 1 aromatic carbocycles. The molecular formula is C21H29ClN2O. The maximum atomic E-state index is 12.4. The van der Waals surface area contributed by atoms with Crippen molar-refractivity contribution in [1.29, 1.82) is 0 Å². The van der Waals surface area contributed by atoms with Gasteiger partial charge in [0.25, 0.3) is 0 Å². The lowest BCUT2D eigenvalue weighted by Crippen LogP contribution is -2.45. The summed E-state index contributed by atoms with van der Waals surface area (Å²) in [6, 6.07) is 8.46. The lowest BCUT2D eigenvalue weighted by molar-refractivity contribution is -0.131. The molecular weight excluding hydrogens is 332 g/mol. The number of rotatable bonds is 5. The van der Waals surface area contributed by atoms with Gasteiger partial charge < -0.3 is 10.2 Å². The SMILES string of the molecule is O=C(CNC1CCCCC1)N1CCC(/C=C/c2ccc(Cl)cc2)CC1. The molecule has 0 bridgehead atoms.